The molecule has 0 bridgehead atoms. The van der Waals surface area contributed by atoms with Crippen LogP contribution in [0.2, 0.25) is 0 Å². The monoisotopic (exact) mass is 478 g/mol. The van der Waals surface area contributed by atoms with Crippen LogP contribution < -0.4 is 15.4 Å². The second kappa shape index (κ2) is 13.1. The molecule has 0 aliphatic carbocycles. The maximum absolute atomic E-state index is 5.58. The van der Waals surface area contributed by atoms with Gasteiger partial charge in [0.15, 0.2) is 5.96 Å². The Morgan fingerprint density at radius 3 is 2.46 bits per heavy atom. The Morgan fingerprint density at radius 1 is 1.23 bits per heavy atom. The molecule has 1 atom stereocenters. The first-order valence-corrected chi connectivity index (χ1v) is 9.03. The van der Waals surface area contributed by atoms with Gasteiger partial charge in [0.05, 0.1) is 19.3 Å². The standard InChI is InChI=1S/C19H34N4O2.HI/c1-7-11-25-17-10-9-15(12-21-17)13-22-18(20-8-2)23-14-16(24-6)19(3,4)5;/h9-10,12,16H,7-8,11,13-14H2,1-6H3,(H2,20,22,23);1H. The number of rotatable bonds is 9. The Labute approximate surface area is 175 Å². The smallest absolute Gasteiger partial charge is 0.213 e. The van der Waals surface area contributed by atoms with Crippen LogP contribution in [-0.4, -0.2) is 43.9 Å². The van der Waals surface area contributed by atoms with Crippen LogP contribution in [0.5, 0.6) is 5.88 Å². The molecule has 1 aromatic heterocycles. The van der Waals surface area contributed by atoms with Crippen LogP contribution in [0.4, 0.5) is 0 Å². The average molecular weight is 478 g/mol. The molecule has 0 spiro atoms. The number of nitrogens with one attached hydrogen (secondary N) is 2. The Hall–Kier alpha value is -1.09. The van der Waals surface area contributed by atoms with Gasteiger partial charge in [0.2, 0.25) is 5.88 Å². The molecule has 150 valence electrons. The fourth-order valence-corrected chi connectivity index (χ4v) is 2.24. The summed E-state index contributed by atoms with van der Waals surface area (Å²) in [5.74, 6) is 1.44. The van der Waals surface area contributed by atoms with Crippen LogP contribution in [0.15, 0.2) is 23.3 Å². The summed E-state index contributed by atoms with van der Waals surface area (Å²) in [6.45, 7) is 13.4. The van der Waals surface area contributed by atoms with Crippen molar-refractivity contribution in [3.8, 4) is 5.88 Å². The molecule has 0 aliphatic rings. The van der Waals surface area contributed by atoms with Crippen molar-refractivity contribution in [1.29, 1.82) is 0 Å². The Morgan fingerprint density at radius 2 is 1.96 bits per heavy atom. The lowest BCUT2D eigenvalue weighted by Gasteiger charge is -2.30. The van der Waals surface area contributed by atoms with Gasteiger partial charge in [-0.15, -0.1) is 24.0 Å². The quantitative estimate of drug-likeness (QED) is 0.323. The highest BCUT2D eigenvalue weighted by atomic mass is 127. The third-order valence-corrected chi connectivity index (χ3v) is 3.72. The van der Waals surface area contributed by atoms with Crippen LogP contribution in [0, 0.1) is 5.41 Å². The second-order valence-electron chi connectivity index (χ2n) is 7.02. The van der Waals surface area contributed by atoms with E-state index in [1.807, 2.05) is 18.3 Å². The lowest BCUT2D eigenvalue weighted by atomic mass is 9.89. The van der Waals surface area contributed by atoms with Crippen molar-refractivity contribution in [2.24, 2.45) is 10.4 Å². The molecule has 0 amide bonds. The van der Waals surface area contributed by atoms with Crippen LogP contribution in [-0.2, 0) is 11.3 Å². The zero-order valence-corrected chi connectivity index (χ0v) is 19.3. The van der Waals surface area contributed by atoms with Crippen molar-refractivity contribution >= 4 is 29.9 Å². The highest BCUT2D eigenvalue weighted by molar-refractivity contribution is 14.0. The van der Waals surface area contributed by atoms with Crippen LogP contribution in [0.1, 0.15) is 46.6 Å². The Kier molecular flexibility index (Phi) is 12.6. The lowest BCUT2D eigenvalue weighted by molar-refractivity contribution is 0.0205. The van der Waals surface area contributed by atoms with E-state index in [0.717, 1.165) is 24.5 Å². The Balaban J connectivity index is 0.00000625. The van der Waals surface area contributed by atoms with Crippen LogP contribution in [0.25, 0.3) is 0 Å². The summed E-state index contributed by atoms with van der Waals surface area (Å²) in [6, 6.07) is 3.89. The number of guanidine groups is 1. The molecule has 6 nitrogen and oxygen atoms in total. The molecule has 1 heterocycles. The van der Waals surface area contributed by atoms with Crippen molar-refractivity contribution in [2.75, 3.05) is 26.8 Å². The topological polar surface area (TPSA) is 67.8 Å². The number of nitrogens with zero attached hydrogens (tertiary/aromatic N) is 2. The van der Waals surface area contributed by atoms with Gasteiger partial charge in [0.25, 0.3) is 0 Å². The van der Waals surface area contributed by atoms with Gasteiger partial charge in [-0.25, -0.2) is 9.98 Å². The van der Waals surface area contributed by atoms with Crippen molar-refractivity contribution in [3.05, 3.63) is 23.9 Å². The summed E-state index contributed by atoms with van der Waals surface area (Å²) < 4.78 is 11.1. The lowest BCUT2D eigenvalue weighted by Crippen LogP contribution is -2.45. The number of aliphatic imine (C=N–C) groups is 1. The summed E-state index contributed by atoms with van der Waals surface area (Å²) >= 11 is 0. The van der Waals surface area contributed by atoms with Crippen molar-refractivity contribution in [2.45, 2.75) is 53.7 Å². The molecule has 0 aliphatic heterocycles. The minimum Gasteiger partial charge on any atom is -0.478 e. The molecule has 1 unspecified atom stereocenters. The van der Waals surface area contributed by atoms with Gasteiger partial charge in [-0.3, -0.25) is 0 Å². The van der Waals surface area contributed by atoms with Gasteiger partial charge >= 0.3 is 0 Å². The average Bonchev–Trinajstić information content (AvgIpc) is 2.58. The largest absolute Gasteiger partial charge is 0.478 e. The highest BCUT2D eigenvalue weighted by Crippen LogP contribution is 2.20. The SMILES string of the molecule is CCCOc1ccc(CN=C(NCC)NCC(OC)C(C)(C)C)cn1.I. The highest BCUT2D eigenvalue weighted by Gasteiger charge is 2.24. The van der Waals surface area contributed by atoms with Crippen molar-refractivity contribution in [3.63, 3.8) is 0 Å². The number of methoxy groups -OCH3 is 1. The zero-order valence-electron chi connectivity index (χ0n) is 17.0. The number of halogens is 1. The van der Waals surface area contributed by atoms with E-state index in [-0.39, 0.29) is 35.5 Å². The van der Waals surface area contributed by atoms with E-state index < -0.39 is 0 Å². The van der Waals surface area contributed by atoms with Gasteiger partial charge in [0.1, 0.15) is 0 Å². The number of ether oxygens (including phenoxy) is 2. The van der Waals surface area contributed by atoms with E-state index in [4.69, 9.17) is 9.47 Å². The molecule has 0 saturated heterocycles. The molecule has 2 N–H and O–H groups in total. The Bertz CT molecular complexity index is 515. The van der Waals surface area contributed by atoms with Gasteiger partial charge < -0.3 is 20.1 Å². The first-order chi connectivity index (χ1) is 11.9. The molecular weight excluding hydrogens is 443 g/mol. The molecule has 7 heteroatoms. The summed E-state index contributed by atoms with van der Waals surface area (Å²) in [7, 11) is 1.75. The number of hydrogen-bond donors (Lipinski definition) is 2. The zero-order chi connectivity index (χ0) is 18.7. The van der Waals surface area contributed by atoms with Crippen molar-refractivity contribution in [1.82, 2.24) is 15.6 Å². The first kappa shape index (κ1) is 24.9. The van der Waals surface area contributed by atoms with E-state index in [1.54, 1.807) is 7.11 Å². The van der Waals surface area contributed by atoms with Gasteiger partial charge in [-0.05, 0) is 24.3 Å². The molecular formula is C19H35IN4O2. The van der Waals surface area contributed by atoms with Crippen molar-refractivity contribution < 1.29 is 9.47 Å². The summed E-state index contributed by atoms with van der Waals surface area (Å²) in [5.41, 5.74) is 1.11. The molecule has 1 rings (SSSR count). The van der Waals surface area contributed by atoms with E-state index in [9.17, 15) is 0 Å². The minimum absolute atomic E-state index is 0. The van der Waals surface area contributed by atoms with E-state index >= 15 is 0 Å². The van der Waals surface area contributed by atoms with Crippen LogP contribution in [0.3, 0.4) is 0 Å². The normalized spacial score (nSPS) is 12.9. The number of pyridine rings is 1. The first-order valence-electron chi connectivity index (χ1n) is 9.03. The molecule has 0 aromatic carbocycles. The third-order valence-electron chi connectivity index (χ3n) is 3.72. The molecule has 0 radical (unpaired) electrons. The van der Waals surface area contributed by atoms with Crippen LogP contribution >= 0.6 is 24.0 Å². The van der Waals surface area contributed by atoms with E-state index in [2.05, 4.69) is 55.2 Å². The number of aromatic nitrogens is 1. The fourth-order valence-electron chi connectivity index (χ4n) is 2.24. The predicted octanol–water partition coefficient (Wildman–Crippen LogP) is 3.60. The summed E-state index contributed by atoms with van der Waals surface area (Å²) in [6.07, 6.45) is 2.89. The third kappa shape index (κ3) is 9.56. The molecule has 0 saturated carbocycles. The number of hydrogen-bond acceptors (Lipinski definition) is 4. The molecule has 1 aromatic rings. The second-order valence-corrected chi connectivity index (χ2v) is 7.02. The summed E-state index contributed by atoms with van der Waals surface area (Å²) in [5, 5.41) is 6.62. The van der Waals surface area contributed by atoms with Gasteiger partial charge in [-0.1, -0.05) is 33.8 Å². The van der Waals surface area contributed by atoms with E-state index in [1.165, 1.54) is 0 Å². The van der Waals surface area contributed by atoms with Gasteiger partial charge in [0, 0.05) is 32.5 Å². The maximum Gasteiger partial charge on any atom is 0.213 e. The van der Waals surface area contributed by atoms with Gasteiger partial charge in [-0.2, -0.15) is 0 Å². The molecule has 0 fully saturated rings. The maximum atomic E-state index is 5.58. The predicted molar refractivity (Wildman–Crippen MR) is 119 cm³/mol. The summed E-state index contributed by atoms with van der Waals surface area (Å²) in [4.78, 5) is 8.93. The molecule has 26 heavy (non-hydrogen) atoms. The van der Waals surface area contributed by atoms with E-state index in [0.29, 0.717) is 25.6 Å². The fraction of sp³-hybridized carbons (Fsp3) is 0.684. The minimum atomic E-state index is 0.